The smallest absolute Gasteiger partial charge is 0.142 e. The average Bonchev–Trinajstić information content (AvgIpc) is 2.49. The Morgan fingerprint density at radius 1 is 1.15 bits per heavy atom. The normalized spacial score (nSPS) is 12.4. The third-order valence-corrected chi connectivity index (χ3v) is 4.02. The van der Waals surface area contributed by atoms with Crippen molar-refractivity contribution >= 4 is 11.6 Å². The van der Waals surface area contributed by atoms with Gasteiger partial charge >= 0.3 is 0 Å². The van der Waals surface area contributed by atoms with Gasteiger partial charge in [0, 0.05) is 6.04 Å². The van der Waals surface area contributed by atoms with E-state index < -0.39 is 0 Å². The highest BCUT2D eigenvalue weighted by molar-refractivity contribution is 6.31. The molecule has 1 N–H and O–H groups in total. The molecule has 0 aliphatic carbocycles. The lowest BCUT2D eigenvalue weighted by Crippen LogP contribution is -2.19. The second kappa shape index (κ2) is 6.87. The highest BCUT2D eigenvalue weighted by Crippen LogP contribution is 2.25. The number of hydrogen-bond donors (Lipinski definition) is 1. The maximum Gasteiger partial charge on any atom is 0.142 e. The van der Waals surface area contributed by atoms with Crippen molar-refractivity contribution in [1.82, 2.24) is 5.32 Å². The van der Waals surface area contributed by atoms with Crippen LogP contribution in [0.15, 0.2) is 42.5 Å². The quantitative estimate of drug-likeness (QED) is 0.852. The zero-order valence-corrected chi connectivity index (χ0v) is 12.5. The first-order valence-electron chi connectivity index (χ1n) is 6.84. The van der Waals surface area contributed by atoms with Gasteiger partial charge < -0.3 is 5.32 Å². The van der Waals surface area contributed by atoms with Gasteiger partial charge in [-0.2, -0.15) is 0 Å². The Bertz CT molecular complexity index is 566. The van der Waals surface area contributed by atoms with Crippen LogP contribution in [-0.4, -0.2) is 7.05 Å². The second-order valence-electron chi connectivity index (χ2n) is 4.85. The molecule has 106 valence electrons. The Morgan fingerprint density at radius 3 is 2.45 bits per heavy atom. The second-order valence-corrected chi connectivity index (χ2v) is 5.23. The maximum atomic E-state index is 13.5. The van der Waals surface area contributed by atoms with Crippen LogP contribution >= 0.6 is 11.6 Å². The van der Waals surface area contributed by atoms with E-state index in [1.165, 1.54) is 17.2 Å². The summed E-state index contributed by atoms with van der Waals surface area (Å²) in [4.78, 5) is 0. The topological polar surface area (TPSA) is 12.0 Å². The fraction of sp³-hybridized carbons (Fsp3) is 0.294. The first-order valence-corrected chi connectivity index (χ1v) is 7.22. The molecule has 2 aromatic carbocycles. The summed E-state index contributed by atoms with van der Waals surface area (Å²) in [6.07, 6.45) is 1.69. The summed E-state index contributed by atoms with van der Waals surface area (Å²) in [5, 5.41) is 3.49. The van der Waals surface area contributed by atoms with Crippen LogP contribution in [0.1, 0.15) is 29.7 Å². The number of rotatable bonds is 5. The van der Waals surface area contributed by atoms with Gasteiger partial charge in [-0.05, 0) is 42.6 Å². The van der Waals surface area contributed by atoms with E-state index in [0.29, 0.717) is 6.42 Å². The lowest BCUT2D eigenvalue weighted by atomic mass is 9.97. The highest BCUT2D eigenvalue weighted by atomic mass is 35.5. The number of aryl methyl sites for hydroxylation is 1. The van der Waals surface area contributed by atoms with Crippen LogP contribution in [0.3, 0.4) is 0 Å². The molecule has 0 bridgehead atoms. The van der Waals surface area contributed by atoms with Gasteiger partial charge in [0.25, 0.3) is 0 Å². The van der Waals surface area contributed by atoms with E-state index in [9.17, 15) is 4.39 Å². The first kappa shape index (κ1) is 15.0. The summed E-state index contributed by atoms with van der Waals surface area (Å²) in [5.74, 6) is -0.361. The molecule has 0 amide bonds. The number of halogens is 2. The van der Waals surface area contributed by atoms with Crippen molar-refractivity contribution in [2.45, 2.75) is 25.8 Å². The molecule has 1 atom stereocenters. The van der Waals surface area contributed by atoms with E-state index in [2.05, 4.69) is 36.5 Å². The Hall–Kier alpha value is -1.38. The molecule has 0 fully saturated rings. The fourth-order valence-electron chi connectivity index (χ4n) is 2.30. The summed E-state index contributed by atoms with van der Waals surface area (Å²) in [6.45, 7) is 2.14. The largest absolute Gasteiger partial charge is 0.313 e. The first-order chi connectivity index (χ1) is 9.65. The predicted molar refractivity (Wildman–Crippen MR) is 82.7 cm³/mol. The van der Waals surface area contributed by atoms with E-state index >= 15 is 0 Å². The van der Waals surface area contributed by atoms with Crippen molar-refractivity contribution in [3.63, 3.8) is 0 Å². The molecule has 2 rings (SSSR count). The van der Waals surface area contributed by atoms with Crippen LogP contribution in [0.2, 0.25) is 5.02 Å². The van der Waals surface area contributed by atoms with Gasteiger partial charge in [-0.25, -0.2) is 4.39 Å². The van der Waals surface area contributed by atoms with E-state index in [1.807, 2.05) is 13.1 Å². The van der Waals surface area contributed by atoms with Crippen molar-refractivity contribution in [2.24, 2.45) is 0 Å². The highest BCUT2D eigenvalue weighted by Gasteiger charge is 2.13. The fourth-order valence-corrected chi connectivity index (χ4v) is 2.50. The summed E-state index contributed by atoms with van der Waals surface area (Å²) in [6, 6.07) is 13.6. The van der Waals surface area contributed by atoms with E-state index in [0.717, 1.165) is 12.0 Å². The molecule has 0 saturated carbocycles. The van der Waals surface area contributed by atoms with E-state index in [1.54, 1.807) is 6.07 Å². The van der Waals surface area contributed by atoms with E-state index in [-0.39, 0.29) is 16.9 Å². The molecule has 0 aliphatic rings. The van der Waals surface area contributed by atoms with Crippen LogP contribution in [0.4, 0.5) is 4.39 Å². The van der Waals surface area contributed by atoms with Gasteiger partial charge in [0.1, 0.15) is 5.82 Å². The number of nitrogens with one attached hydrogen (secondary N) is 1. The SMILES string of the molecule is CCc1ccc(C(Cc2cccc(F)c2Cl)NC)cc1. The lowest BCUT2D eigenvalue weighted by molar-refractivity contribution is 0.584. The Labute approximate surface area is 124 Å². The summed E-state index contributed by atoms with van der Waals surface area (Å²) >= 11 is 6.03. The molecule has 2 aromatic rings. The minimum Gasteiger partial charge on any atom is -0.313 e. The van der Waals surface area contributed by atoms with Gasteiger partial charge in [0.2, 0.25) is 0 Å². The molecule has 0 heterocycles. The molecule has 0 saturated heterocycles. The monoisotopic (exact) mass is 291 g/mol. The molecule has 3 heteroatoms. The van der Waals surface area contributed by atoms with Crippen LogP contribution in [0.25, 0.3) is 0 Å². The standard InChI is InChI=1S/C17H19ClFN/c1-3-12-7-9-13(10-8-12)16(20-2)11-14-5-4-6-15(19)17(14)18/h4-10,16,20H,3,11H2,1-2H3. The predicted octanol–water partition coefficient (Wildman–Crippen LogP) is 4.54. The summed E-state index contributed by atoms with van der Waals surface area (Å²) in [7, 11) is 1.91. The average molecular weight is 292 g/mol. The van der Waals surface area contributed by atoms with Crippen LogP contribution < -0.4 is 5.32 Å². The molecular weight excluding hydrogens is 273 g/mol. The van der Waals surface area contributed by atoms with Crippen molar-refractivity contribution in [3.05, 3.63) is 70.0 Å². The molecule has 20 heavy (non-hydrogen) atoms. The van der Waals surface area contributed by atoms with Crippen molar-refractivity contribution in [1.29, 1.82) is 0 Å². The molecule has 0 aliphatic heterocycles. The zero-order valence-electron chi connectivity index (χ0n) is 11.8. The molecule has 0 aromatic heterocycles. The summed E-state index contributed by atoms with van der Waals surface area (Å²) < 4.78 is 13.5. The summed E-state index contributed by atoms with van der Waals surface area (Å²) in [5.41, 5.74) is 3.32. The molecular formula is C17H19ClFN. The van der Waals surface area contributed by atoms with Crippen LogP contribution in [0, 0.1) is 5.82 Å². The van der Waals surface area contributed by atoms with Gasteiger partial charge in [0.15, 0.2) is 0 Å². The molecule has 0 spiro atoms. The Morgan fingerprint density at radius 2 is 1.85 bits per heavy atom. The van der Waals surface area contributed by atoms with Gasteiger partial charge in [-0.1, -0.05) is 54.9 Å². The third-order valence-electron chi connectivity index (χ3n) is 3.59. The van der Waals surface area contributed by atoms with Crippen molar-refractivity contribution in [3.8, 4) is 0 Å². The minimum absolute atomic E-state index is 0.125. The maximum absolute atomic E-state index is 13.5. The van der Waals surface area contributed by atoms with Gasteiger partial charge in [-0.3, -0.25) is 0 Å². The Kier molecular flexibility index (Phi) is 5.16. The number of hydrogen-bond acceptors (Lipinski definition) is 1. The zero-order chi connectivity index (χ0) is 14.5. The van der Waals surface area contributed by atoms with Gasteiger partial charge in [-0.15, -0.1) is 0 Å². The lowest BCUT2D eigenvalue weighted by Gasteiger charge is -2.18. The van der Waals surface area contributed by atoms with Crippen molar-refractivity contribution in [2.75, 3.05) is 7.05 Å². The molecule has 1 nitrogen and oxygen atoms in total. The Balaban J connectivity index is 2.21. The number of likely N-dealkylation sites (N-methyl/N-ethyl adjacent to an activating group) is 1. The third kappa shape index (κ3) is 3.38. The van der Waals surface area contributed by atoms with Gasteiger partial charge in [0.05, 0.1) is 5.02 Å². The van der Waals surface area contributed by atoms with E-state index in [4.69, 9.17) is 11.6 Å². The van der Waals surface area contributed by atoms with Crippen LogP contribution in [-0.2, 0) is 12.8 Å². The number of benzene rings is 2. The molecule has 1 unspecified atom stereocenters. The van der Waals surface area contributed by atoms with Crippen molar-refractivity contribution < 1.29 is 4.39 Å². The minimum atomic E-state index is -0.361. The molecule has 0 radical (unpaired) electrons. The van der Waals surface area contributed by atoms with Crippen LogP contribution in [0.5, 0.6) is 0 Å².